The van der Waals surface area contributed by atoms with Gasteiger partial charge in [-0.15, -0.1) is 0 Å². The van der Waals surface area contributed by atoms with Crippen molar-refractivity contribution in [3.8, 4) is 5.75 Å². The fraction of sp³-hybridized carbons (Fsp3) is 0.250. The van der Waals surface area contributed by atoms with Crippen molar-refractivity contribution >= 4 is 38.9 Å². The molecule has 0 unspecified atom stereocenters. The van der Waals surface area contributed by atoms with Crippen molar-refractivity contribution in [2.75, 3.05) is 11.3 Å². The van der Waals surface area contributed by atoms with Gasteiger partial charge in [0.2, 0.25) is 0 Å². The van der Waals surface area contributed by atoms with E-state index in [1.807, 2.05) is 6.92 Å². The Balaban J connectivity index is 1.88. The lowest BCUT2D eigenvalue weighted by Gasteiger charge is -2.11. The standard InChI is InChI=1S/C20H21Cl2N3O3S/c1-4-28-15-8-10-16(11-9-15)29(26,27)24-20-13(2)23-25(14(20)3)12-17-18(21)6-5-7-19(17)22/h5-11,24H,4,12H2,1-3H3. The highest BCUT2D eigenvalue weighted by molar-refractivity contribution is 7.92. The molecule has 1 heterocycles. The van der Waals surface area contributed by atoms with Gasteiger partial charge in [-0.2, -0.15) is 5.10 Å². The lowest BCUT2D eigenvalue weighted by molar-refractivity contribution is 0.340. The van der Waals surface area contributed by atoms with Gasteiger partial charge in [0.05, 0.1) is 35.1 Å². The topological polar surface area (TPSA) is 73.2 Å². The molecule has 6 nitrogen and oxygen atoms in total. The lowest BCUT2D eigenvalue weighted by Crippen LogP contribution is -2.14. The van der Waals surface area contributed by atoms with Crippen LogP contribution in [0.3, 0.4) is 0 Å². The smallest absolute Gasteiger partial charge is 0.262 e. The van der Waals surface area contributed by atoms with Gasteiger partial charge in [0.15, 0.2) is 0 Å². The molecule has 0 amide bonds. The van der Waals surface area contributed by atoms with E-state index < -0.39 is 10.0 Å². The number of nitrogens with one attached hydrogen (secondary N) is 1. The number of ether oxygens (including phenoxy) is 1. The van der Waals surface area contributed by atoms with Crippen LogP contribution in [0.15, 0.2) is 47.4 Å². The van der Waals surface area contributed by atoms with E-state index in [0.717, 1.165) is 5.56 Å². The summed E-state index contributed by atoms with van der Waals surface area (Å²) in [5.41, 5.74) is 2.37. The van der Waals surface area contributed by atoms with Crippen molar-refractivity contribution in [3.05, 3.63) is 69.5 Å². The summed E-state index contributed by atoms with van der Waals surface area (Å²) in [5.74, 6) is 0.614. The average molecular weight is 454 g/mol. The molecule has 1 aromatic heterocycles. The van der Waals surface area contributed by atoms with Gasteiger partial charge in [-0.3, -0.25) is 9.40 Å². The van der Waals surface area contributed by atoms with Gasteiger partial charge in [-0.25, -0.2) is 8.42 Å². The monoisotopic (exact) mass is 453 g/mol. The van der Waals surface area contributed by atoms with E-state index in [9.17, 15) is 8.42 Å². The Hall–Kier alpha value is -2.22. The molecule has 0 radical (unpaired) electrons. The molecule has 0 aliphatic heterocycles. The zero-order valence-corrected chi connectivity index (χ0v) is 18.6. The van der Waals surface area contributed by atoms with Gasteiger partial charge >= 0.3 is 0 Å². The van der Waals surface area contributed by atoms with Gasteiger partial charge in [-0.05, 0) is 57.2 Å². The molecule has 0 spiro atoms. The summed E-state index contributed by atoms with van der Waals surface area (Å²) < 4.78 is 35.3. The van der Waals surface area contributed by atoms with E-state index >= 15 is 0 Å². The fourth-order valence-corrected chi connectivity index (χ4v) is 4.60. The number of aromatic nitrogens is 2. The summed E-state index contributed by atoms with van der Waals surface area (Å²) in [5, 5.41) is 5.51. The predicted octanol–water partition coefficient (Wildman–Crippen LogP) is 5.05. The quantitative estimate of drug-likeness (QED) is 0.542. The van der Waals surface area contributed by atoms with Gasteiger partial charge in [-0.1, -0.05) is 29.3 Å². The van der Waals surface area contributed by atoms with Crippen molar-refractivity contribution in [1.29, 1.82) is 0 Å². The van der Waals surface area contributed by atoms with Crippen LogP contribution in [0.25, 0.3) is 0 Å². The summed E-state index contributed by atoms with van der Waals surface area (Å²) in [6, 6.07) is 11.5. The van der Waals surface area contributed by atoms with Crippen molar-refractivity contribution in [1.82, 2.24) is 9.78 Å². The minimum Gasteiger partial charge on any atom is -0.494 e. The van der Waals surface area contributed by atoms with Gasteiger partial charge < -0.3 is 4.74 Å². The largest absolute Gasteiger partial charge is 0.494 e. The first kappa shape index (κ1) is 21.5. The second kappa shape index (κ2) is 8.65. The van der Waals surface area contributed by atoms with Crippen molar-refractivity contribution in [2.45, 2.75) is 32.2 Å². The molecule has 0 aliphatic rings. The number of anilines is 1. The Kier molecular flexibility index (Phi) is 6.41. The molecule has 3 rings (SSSR count). The maximum absolute atomic E-state index is 12.8. The van der Waals surface area contributed by atoms with E-state index in [1.165, 1.54) is 12.1 Å². The molecular weight excluding hydrogens is 433 g/mol. The Morgan fingerprint density at radius 2 is 1.69 bits per heavy atom. The Morgan fingerprint density at radius 1 is 1.07 bits per heavy atom. The number of nitrogens with zero attached hydrogens (tertiary/aromatic N) is 2. The maximum atomic E-state index is 12.8. The number of benzene rings is 2. The summed E-state index contributed by atoms with van der Waals surface area (Å²) in [6.45, 7) is 6.24. The number of halogens is 2. The molecule has 0 saturated heterocycles. The number of rotatable bonds is 7. The second-order valence-corrected chi connectivity index (χ2v) is 8.91. The molecule has 2 aromatic carbocycles. The van der Waals surface area contributed by atoms with Gasteiger partial charge in [0.25, 0.3) is 10.0 Å². The molecule has 0 aliphatic carbocycles. The van der Waals surface area contributed by atoms with Crippen molar-refractivity contribution in [2.24, 2.45) is 0 Å². The molecule has 0 atom stereocenters. The van der Waals surface area contributed by atoms with Crippen LogP contribution in [0.1, 0.15) is 23.9 Å². The van der Waals surface area contributed by atoms with E-state index in [4.69, 9.17) is 27.9 Å². The normalized spacial score (nSPS) is 11.5. The Bertz CT molecular complexity index is 1110. The van der Waals surface area contributed by atoms with Crippen LogP contribution in [-0.4, -0.2) is 24.8 Å². The molecule has 0 fully saturated rings. The summed E-state index contributed by atoms with van der Waals surface area (Å²) in [6.07, 6.45) is 0. The van der Waals surface area contributed by atoms with Crippen LogP contribution in [-0.2, 0) is 16.6 Å². The first-order valence-corrected chi connectivity index (χ1v) is 11.2. The Labute approximate surface area is 180 Å². The zero-order chi connectivity index (χ0) is 21.2. The molecule has 0 saturated carbocycles. The highest BCUT2D eigenvalue weighted by Crippen LogP contribution is 2.28. The van der Waals surface area contributed by atoms with Crippen molar-refractivity contribution in [3.63, 3.8) is 0 Å². The minimum absolute atomic E-state index is 0.140. The summed E-state index contributed by atoms with van der Waals surface area (Å²) in [4.78, 5) is 0.140. The first-order chi connectivity index (χ1) is 13.7. The number of aryl methyl sites for hydroxylation is 1. The third-order valence-corrected chi connectivity index (χ3v) is 6.51. The fourth-order valence-electron chi connectivity index (χ4n) is 2.91. The number of sulfonamides is 1. The number of hydrogen-bond acceptors (Lipinski definition) is 4. The predicted molar refractivity (Wildman–Crippen MR) is 116 cm³/mol. The molecule has 29 heavy (non-hydrogen) atoms. The van der Waals surface area contributed by atoms with Crippen LogP contribution in [0.5, 0.6) is 5.75 Å². The average Bonchev–Trinajstić information content (AvgIpc) is 2.93. The third-order valence-electron chi connectivity index (χ3n) is 4.43. The van der Waals surface area contributed by atoms with E-state index in [2.05, 4.69) is 9.82 Å². The van der Waals surface area contributed by atoms with Crippen molar-refractivity contribution < 1.29 is 13.2 Å². The van der Waals surface area contributed by atoms with E-state index in [1.54, 1.807) is 48.9 Å². The Morgan fingerprint density at radius 3 is 2.28 bits per heavy atom. The van der Waals surface area contributed by atoms with E-state index in [-0.39, 0.29) is 4.90 Å². The summed E-state index contributed by atoms with van der Waals surface area (Å²) in [7, 11) is -3.78. The van der Waals surface area contributed by atoms with Crippen LogP contribution < -0.4 is 9.46 Å². The molecule has 9 heteroatoms. The highest BCUT2D eigenvalue weighted by atomic mass is 35.5. The molecule has 0 bridgehead atoms. The maximum Gasteiger partial charge on any atom is 0.262 e. The van der Waals surface area contributed by atoms with Crippen LogP contribution >= 0.6 is 23.2 Å². The number of hydrogen-bond donors (Lipinski definition) is 1. The molecular formula is C20H21Cl2N3O3S. The second-order valence-electron chi connectivity index (χ2n) is 6.41. The molecule has 3 aromatic rings. The summed E-state index contributed by atoms with van der Waals surface area (Å²) >= 11 is 12.5. The minimum atomic E-state index is -3.78. The SMILES string of the molecule is CCOc1ccc(S(=O)(=O)Nc2c(C)nn(Cc3c(Cl)cccc3Cl)c2C)cc1. The van der Waals surface area contributed by atoms with Crippen LogP contribution in [0.4, 0.5) is 5.69 Å². The highest BCUT2D eigenvalue weighted by Gasteiger charge is 2.21. The van der Waals surface area contributed by atoms with Crippen LogP contribution in [0.2, 0.25) is 10.0 Å². The third kappa shape index (κ3) is 4.69. The molecule has 1 N–H and O–H groups in total. The van der Waals surface area contributed by atoms with Crippen LogP contribution in [0, 0.1) is 13.8 Å². The van der Waals surface area contributed by atoms with Gasteiger partial charge in [0, 0.05) is 15.6 Å². The molecule has 154 valence electrons. The first-order valence-electron chi connectivity index (χ1n) is 8.95. The lowest BCUT2D eigenvalue weighted by atomic mass is 10.2. The van der Waals surface area contributed by atoms with E-state index in [0.29, 0.717) is 46.0 Å². The van der Waals surface area contributed by atoms with Gasteiger partial charge in [0.1, 0.15) is 5.75 Å². The zero-order valence-electron chi connectivity index (χ0n) is 16.2.